The van der Waals surface area contributed by atoms with Crippen molar-refractivity contribution >= 4 is 22.6 Å². The molecule has 2 rings (SSSR count). The largest absolute Gasteiger partial charge is 0.378 e. The van der Waals surface area contributed by atoms with Crippen LogP contribution in [-0.2, 0) is 9.47 Å². The zero-order valence-electron chi connectivity index (χ0n) is 8.09. The minimum absolute atomic E-state index is 0.232. The van der Waals surface area contributed by atoms with Gasteiger partial charge in [0.1, 0.15) is 0 Å². The van der Waals surface area contributed by atoms with E-state index in [9.17, 15) is 0 Å². The molecule has 1 spiro atoms. The van der Waals surface area contributed by atoms with Crippen molar-refractivity contribution in [2.75, 3.05) is 11.0 Å². The second-order valence-electron chi connectivity index (χ2n) is 4.10. The van der Waals surface area contributed by atoms with Gasteiger partial charge in [-0.3, -0.25) is 0 Å². The Hall–Kier alpha value is 0.650. The average Bonchev–Trinajstić information content (AvgIpc) is 2.48. The van der Waals surface area contributed by atoms with E-state index in [4.69, 9.17) is 9.47 Å². The number of alkyl halides is 1. The second kappa shape index (κ2) is 4.03. The maximum Gasteiger partial charge on any atom is 0.0737 e. The number of halogens is 1. The number of ether oxygens (including phenoxy) is 2. The van der Waals surface area contributed by atoms with E-state index in [1.165, 1.54) is 12.8 Å². The highest BCUT2D eigenvalue weighted by Crippen LogP contribution is 2.47. The number of hydrogen-bond acceptors (Lipinski definition) is 2. The van der Waals surface area contributed by atoms with Gasteiger partial charge in [-0.2, -0.15) is 0 Å². The molecule has 1 atom stereocenters. The molecule has 0 aromatic carbocycles. The van der Waals surface area contributed by atoms with Crippen molar-refractivity contribution < 1.29 is 9.47 Å². The van der Waals surface area contributed by atoms with Crippen molar-refractivity contribution in [1.29, 1.82) is 0 Å². The molecule has 2 nitrogen and oxygen atoms in total. The van der Waals surface area contributed by atoms with Crippen LogP contribution in [0.25, 0.3) is 0 Å². The molecule has 0 amide bonds. The summed E-state index contributed by atoms with van der Waals surface area (Å²) in [4.78, 5) is 0. The van der Waals surface area contributed by atoms with Gasteiger partial charge < -0.3 is 9.47 Å². The topological polar surface area (TPSA) is 18.5 Å². The normalized spacial score (nSPS) is 43.8. The van der Waals surface area contributed by atoms with Gasteiger partial charge in [0.25, 0.3) is 0 Å². The van der Waals surface area contributed by atoms with Crippen LogP contribution < -0.4 is 0 Å². The third-order valence-corrected chi connectivity index (χ3v) is 4.09. The van der Waals surface area contributed by atoms with Crippen LogP contribution in [0.5, 0.6) is 0 Å². The molecule has 1 aliphatic carbocycles. The minimum atomic E-state index is 0.232. The van der Waals surface area contributed by atoms with E-state index in [1.54, 1.807) is 0 Å². The fraction of sp³-hybridized carbons (Fsp3) is 1.00. The first-order valence-electron chi connectivity index (χ1n) is 5.13. The Morgan fingerprint density at radius 2 is 2.31 bits per heavy atom. The van der Waals surface area contributed by atoms with Crippen LogP contribution in [0.3, 0.4) is 0 Å². The Bertz CT molecular complexity index is 178. The van der Waals surface area contributed by atoms with E-state index in [0.717, 1.165) is 23.9 Å². The van der Waals surface area contributed by atoms with Crippen molar-refractivity contribution in [2.24, 2.45) is 0 Å². The van der Waals surface area contributed by atoms with E-state index < -0.39 is 0 Å². The van der Waals surface area contributed by atoms with Crippen LogP contribution in [0.4, 0.5) is 0 Å². The first-order valence-corrected chi connectivity index (χ1v) is 6.66. The van der Waals surface area contributed by atoms with Crippen molar-refractivity contribution in [3.8, 4) is 0 Å². The summed E-state index contributed by atoms with van der Waals surface area (Å²) in [6.45, 7) is 2.91. The summed E-state index contributed by atoms with van der Waals surface area (Å²) in [6.07, 6.45) is 5.77. The number of hydrogen-bond donors (Lipinski definition) is 0. The summed E-state index contributed by atoms with van der Waals surface area (Å²) in [5.74, 6) is 0. The smallest absolute Gasteiger partial charge is 0.0737 e. The van der Waals surface area contributed by atoms with Gasteiger partial charge in [0, 0.05) is 23.9 Å². The van der Waals surface area contributed by atoms with Crippen molar-refractivity contribution in [3.63, 3.8) is 0 Å². The van der Waals surface area contributed by atoms with Crippen LogP contribution in [0.2, 0.25) is 0 Å². The van der Waals surface area contributed by atoms with Gasteiger partial charge in [-0.1, -0.05) is 22.6 Å². The summed E-state index contributed by atoms with van der Waals surface area (Å²) < 4.78 is 12.7. The second-order valence-corrected chi connectivity index (χ2v) is 4.98. The third-order valence-electron chi connectivity index (χ3n) is 3.11. The highest BCUT2D eigenvalue weighted by Gasteiger charge is 2.50. The fourth-order valence-electron chi connectivity index (χ4n) is 2.43. The van der Waals surface area contributed by atoms with E-state index in [2.05, 4.69) is 29.5 Å². The van der Waals surface area contributed by atoms with Gasteiger partial charge in [0.05, 0.1) is 17.8 Å². The van der Waals surface area contributed by atoms with Crippen LogP contribution >= 0.6 is 22.6 Å². The molecule has 13 heavy (non-hydrogen) atoms. The quantitative estimate of drug-likeness (QED) is 0.588. The Labute approximate surface area is 93.5 Å². The van der Waals surface area contributed by atoms with Crippen molar-refractivity contribution in [1.82, 2.24) is 0 Å². The lowest BCUT2D eigenvalue weighted by Gasteiger charge is -2.44. The van der Waals surface area contributed by atoms with Crippen LogP contribution in [0.1, 0.15) is 32.6 Å². The van der Waals surface area contributed by atoms with Gasteiger partial charge in [-0.05, 0) is 19.8 Å². The molecule has 1 saturated carbocycles. The lowest BCUT2D eigenvalue weighted by molar-refractivity contribution is -0.158. The zero-order chi connectivity index (χ0) is 9.31. The van der Waals surface area contributed by atoms with E-state index in [-0.39, 0.29) is 5.60 Å². The number of rotatable bonds is 3. The monoisotopic (exact) mass is 296 g/mol. The van der Waals surface area contributed by atoms with Crippen LogP contribution in [0.15, 0.2) is 0 Å². The summed E-state index contributed by atoms with van der Waals surface area (Å²) in [5, 5.41) is 0. The molecule has 1 aliphatic heterocycles. The fourth-order valence-corrected chi connectivity index (χ4v) is 3.05. The van der Waals surface area contributed by atoms with E-state index in [1.807, 2.05) is 0 Å². The van der Waals surface area contributed by atoms with Crippen LogP contribution in [-0.4, -0.2) is 28.8 Å². The molecule has 0 N–H and O–H groups in total. The molecule has 0 bridgehead atoms. The van der Waals surface area contributed by atoms with Crippen molar-refractivity contribution in [2.45, 2.75) is 50.4 Å². The van der Waals surface area contributed by atoms with Gasteiger partial charge >= 0.3 is 0 Å². The van der Waals surface area contributed by atoms with Gasteiger partial charge in [-0.25, -0.2) is 0 Å². The Balaban J connectivity index is 1.78. The molecule has 0 radical (unpaired) electrons. The molecule has 2 fully saturated rings. The summed E-state index contributed by atoms with van der Waals surface area (Å²) in [6, 6.07) is 0. The lowest BCUT2D eigenvalue weighted by Crippen LogP contribution is -2.48. The highest BCUT2D eigenvalue weighted by atomic mass is 127. The third kappa shape index (κ3) is 2.02. The first-order chi connectivity index (χ1) is 6.28. The molecule has 0 aromatic rings. The molecule has 1 heterocycles. The predicted octanol–water partition coefficient (Wildman–Crippen LogP) is 2.54. The molecular weight excluding hydrogens is 279 g/mol. The molecular formula is C10H17IO2. The van der Waals surface area contributed by atoms with E-state index >= 15 is 0 Å². The zero-order valence-corrected chi connectivity index (χ0v) is 10.2. The van der Waals surface area contributed by atoms with E-state index in [0.29, 0.717) is 12.2 Å². The molecule has 0 aromatic heterocycles. The summed E-state index contributed by atoms with van der Waals surface area (Å²) in [7, 11) is 0. The molecule has 76 valence electrons. The predicted molar refractivity (Wildman–Crippen MR) is 60.4 cm³/mol. The van der Waals surface area contributed by atoms with Crippen molar-refractivity contribution in [3.05, 3.63) is 0 Å². The first kappa shape index (κ1) is 10.2. The van der Waals surface area contributed by atoms with Gasteiger partial charge in [0.15, 0.2) is 0 Å². The average molecular weight is 296 g/mol. The van der Waals surface area contributed by atoms with Gasteiger partial charge in [-0.15, -0.1) is 0 Å². The molecule has 1 saturated heterocycles. The Kier molecular flexibility index (Phi) is 3.15. The SMILES string of the molecule is CCOC1CC2(CCC(CI)O2)C1. The van der Waals surface area contributed by atoms with Crippen LogP contribution in [0, 0.1) is 0 Å². The standard InChI is InChI=1S/C10H17IO2/c1-2-12-9-5-10(6-9)4-3-8(7-11)13-10/h8-9H,2-7H2,1H3. The lowest BCUT2D eigenvalue weighted by atomic mass is 9.75. The molecule has 1 unspecified atom stereocenters. The molecule has 2 aliphatic rings. The van der Waals surface area contributed by atoms with Gasteiger partial charge in [0.2, 0.25) is 0 Å². The highest BCUT2D eigenvalue weighted by molar-refractivity contribution is 14.1. The molecule has 3 heteroatoms. The Morgan fingerprint density at radius 1 is 1.54 bits per heavy atom. The maximum absolute atomic E-state index is 6.02. The summed E-state index contributed by atoms with van der Waals surface area (Å²) >= 11 is 2.41. The maximum atomic E-state index is 6.02. The Morgan fingerprint density at radius 3 is 2.85 bits per heavy atom. The minimum Gasteiger partial charge on any atom is -0.378 e. The summed E-state index contributed by atoms with van der Waals surface area (Å²) in [5.41, 5.74) is 0.232.